The molecule has 1 aromatic carbocycles. The number of β-amino-alcohol motifs (C(OH)–C–C–N with tert-alkyl or cyclic N) is 1. The van der Waals surface area contributed by atoms with Crippen LogP contribution in [0.3, 0.4) is 0 Å². The molecule has 0 radical (unpaired) electrons. The van der Waals surface area contributed by atoms with E-state index in [1.165, 1.54) is 0 Å². The van der Waals surface area contributed by atoms with Crippen molar-refractivity contribution in [3.63, 3.8) is 0 Å². The standard InChI is InChI=1S/C14H17N3O3/c1-8-5-9(3-4-12(8)19-2)13-16-14(20-17-13)11-6-10(18)7-15-11/h3-5,10-11,15,18H,6-7H2,1-2H3/t10-,11-/m1/s1. The number of aromatic nitrogens is 2. The summed E-state index contributed by atoms with van der Waals surface area (Å²) in [4.78, 5) is 4.40. The van der Waals surface area contributed by atoms with Gasteiger partial charge in [-0.1, -0.05) is 5.16 Å². The van der Waals surface area contributed by atoms with Crippen LogP contribution in [0.4, 0.5) is 0 Å². The minimum Gasteiger partial charge on any atom is -0.496 e. The van der Waals surface area contributed by atoms with Crippen LogP contribution in [0, 0.1) is 6.92 Å². The molecule has 0 amide bonds. The molecule has 1 aliphatic heterocycles. The third-order valence-corrected chi connectivity index (χ3v) is 3.50. The predicted octanol–water partition coefficient (Wildman–Crippen LogP) is 1.45. The summed E-state index contributed by atoms with van der Waals surface area (Å²) < 4.78 is 10.5. The fourth-order valence-corrected chi connectivity index (χ4v) is 2.42. The molecule has 1 saturated heterocycles. The zero-order valence-electron chi connectivity index (χ0n) is 11.5. The van der Waals surface area contributed by atoms with Crippen molar-refractivity contribution < 1.29 is 14.4 Å². The molecule has 6 heteroatoms. The SMILES string of the molecule is COc1ccc(-c2noc([C@H]3C[C@@H](O)CN3)n2)cc1C. The van der Waals surface area contributed by atoms with Crippen LogP contribution in [0.5, 0.6) is 5.75 Å². The Kier molecular flexibility index (Phi) is 3.42. The van der Waals surface area contributed by atoms with Crippen molar-refractivity contribution in [2.45, 2.75) is 25.5 Å². The Morgan fingerprint density at radius 3 is 2.95 bits per heavy atom. The molecule has 106 valence electrons. The molecule has 0 aliphatic carbocycles. The van der Waals surface area contributed by atoms with Gasteiger partial charge in [0, 0.05) is 12.1 Å². The van der Waals surface area contributed by atoms with Crippen LogP contribution >= 0.6 is 0 Å². The maximum atomic E-state index is 9.51. The van der Waals surface area contributed by atoms with Crippen LogP contribution in [0.15, 0.2) is 22.7 Å². The minimum absolute atomic E-state index is 0.0643. The van der Waals surface area contributed by atoms with Crippen molar-refractivity contribution in [1.29, 1.82) is 0 Å². The van der Waals surface area contributed by atoms with E-state index in [2.05, 4.69) is 15.5 Å². The summed E-state index contributed by atoms with van der Waals surface area (Å²) in [6, 6.07) is 5.69. The van der Waals surface area contributed by atoms with Gasteiger partial charge in [0.25, 0.3) is 0 Å². The highest BCUT2D eigenvalue weighted by Gasteiger charge is 2.28. The largest absolute Gasteiger partial charge is 0.496 e. The lowest BCUT2D eigenvalue weighted by molar-refractivity contribution is 0.191. The van der Waals surface area contributed by atoms with Crippen molar-refractivity contribution in [2.75, 3.05) is 13.7 Å². The third kappa shape index (κ3) is 2.39. The van der Waals surface area contributed by atoms with E-state index in [-0.39, 0.29) is 12.1 Å². The second-order valence-electron chi connectivity index (χ2n) is 4.99. The number of aliphatic hydroxyl groups excluding tert-OH is 1. The quantitative estimate of drug-likeness (QED) is 0.882. The first-order chi connectivity index (χ1) is 9.67. The number of benzene rings is 1. The van der Waals surface area contributed by atoms with Crippen molar-refractivity contribution in [3.8, 4) is 17.1 Å². The number of ether oxygens (including phenoxy) is 1. The molecule has 2 atom stereocenters. The number of hydrogen-bond donors (Lipinski definition) is 2. The maximum absolute atomic E-state index is 9.51. The molecule has 6 nitrogen and oxygen atoms in total. The lowest BCUT2D eigenvalue weighted by Gasteiger charge is -2.04. The van der Waals surface area contributed by atoms with E-state index >= 15 is 0 Å². The summed E-state index contributed by atoms with van der Waals surface area (Å²) in [5.41, 5.74) is 1.91. The average Bonchev–Trinajstić information content (AvgIpc) is 3.07. The Labute approximate surface area is 116 Å². The molecular weight excluding hydrogens is 258 g/mol. The molecule has 0 bridgehead atoms. The molecule has 3 rings (SSSR count). The van der Waals surface area contributed by atoms with Gasteiger partial charge in [-0.25, -0.2) is 0 Å². The minimum atomic E-state index is -0.349. The van der Waals surface area contributed by atoms with Crippen LogP contribution in [0.25, 0.3) is 11.4 Å². The zero-order valence-corrected chi connectivity index (χ0v) is 11.5. The highest BCUT2D eigenvalue weighted by Crippen LogP contribution is 2.27. The van der Waals surface area contributed by atoms with E-state index in [1.54, 1.807) is 7.11 Å². The summed E-state index contributed by atoms with van der Waals surface area (Å²) in [5, 5.41) is 16.7. The summed E-state index contributed by atoms with van der Waals surface area (Å²) in [5.74, 6) is 1.90. The van der Waals surface area contributed by atoms with Gasteiger partial charge in [-0.2, -0.15) is 4.98 Å². The topological polar surface area (TPSA) is 80.4 Å². The Hall–Kier alpha value is -1.92. The number of nitrogens with one attached hydrogen (secondary N) is 1. The summed E-state index contributed by atoms with van der Waals surface area (Å²) in [6.45, 7) is 2.53. The number of hydrogen-bond acceptors (Lipinski definition) is 6. The van der Waals surface area contributed by atoms with Crippen LogP contribution in [-0.4, -0.2) is 35.0 Å². The van der Waals surface area contributed by atoms with E-state index in [0.717, 1.165) is 16.9 Å². The van der Waals surface area contributed by atoms with Gasteiger partial charge in [0.1, 0.15) is 5.75 Å². The third-order valence-electron chi connectivity index (χ3n) is 3.50. The number of methoxy groups -OCH3 is 1. The Bertz CT molecular complexity index is 611. The number of rotatable bonds is 3. The van der Waals surface area contributed by atoms with Crippen molar-refractivity contribution >= 4 is 0 Å². The zero-order chi connectivity index (χ0) is 14.1. The fraction of sp³-hybridized carbons (Fsp3) is 0.429. The smallest absolute Gasteiger partial charge is 0.244 e. The molecular formula is C14H17N3O3. The molecule has 0 spiro atoms. The molecule has 0 saturated carbocycles. The van der Waals surface area contributed by atoms with Gasteiger partial charge in [-0.05, 0) is 37.1 Å². The average molecular weight is 275 g/mol. The van der Waals surface area contributed by atoms with Gasteiger partial charge in [-0.3, -0.25) is 0 Å². The van der Waals surface area contributed by atoms with E-state index in [1.807, 2.05) is 25.1 Å². The highest BCUT2D eigenvalue weighted by molar-refractivity contribution is 5.58. The number of aliphatic hydroxyl groups is 1. The maximum Gasteiger partial charge on any atom is 0.244 e. The molecule has 0 unspecified atom stereocenters. The van der Waals surface area contributed by atoms with Crippen LogP contribution in [-0.2, 0) is 0 Å². The van der Waals surface area contributed by atoms with Crippen molar-refractivity contribution in [3.05, 3.63) is 29.7 Å². The molecule has 2 heterocycles. The van der Waals surface area contributed by atoms with Crippen LogP contribution in [0.1, 0.15) is 23.9 Å². The second kappa shape index (κ2) is 5.22. The Balaban J connectivity index is 1.84. The first-order valence-corrected chi connectivity index (χ1v) is 6.57. The van der Waals surface area contributed by atoms with Gasteiger partial charge in [0.2, 0.25) is 11.7 Å². The number of nitrogens with zero attached hydrogens (tertiary/aromatic N) is 2. The molecule has 1 aromatic heterocycles. The van der Waals surface area contributed by atoms with E-state index in [4.69, 9.17) is 9.26 Å². The first kappa shape index (κ1) is 13.1. The van der Waals surface area contributed by atoms with Gasteiger partial charge < -0.3 is 19.7 Å². The van der Waals surface area contributed by atoms with E-state index in [9.17, 15) is 5.11 Å². The highest BCUT2D eigenvalue weighted by atomic mass is 16.5. The van der Waals surface area contributed by atoms with Crippen molar-refractivity contribution in [1.82, 2.24) is 15.5 Å². The van der Waals surface area contributed by atoms with E-state index < -0.39 is 0 Å². The monoisotopic (exact) mass is 275 g/mol. The Morgan fingerprint density at radius 1 is 1.45 bits per heavy atom. The normalized spacial score (nSPS) is 22.1. The van der Waals surface area contributed by atoms with E-state index in [0.29, 0.717) is 24.7 Å². The predicted molar refractivity (Wildman–Crippen MR) is 72.4 cm³/mol. The lowest BCUT2D eigenvalue weighted by atomic mass is 10.1. The molecule has 1 fully saturated rings. The first-order valence-electron chi connectivity index (χ1n) is 6.57. The van der Waals surface area contributed by atoms with Gasteiger partial charge in [0.05, 0.1) is 19.3 Å². The van der Waals surface area contributed by atoms with Gasteiger partial charge >= 0.3 is 0 Å². The van der Waals surface area contributed by atoms with Crippen molar-refractivity contribution in [2.24, 2.45) is 0 Å². The molecule has 20 heavy (non-hydrogen) atoms. The molecule has 2 aromatic rings. The summed E-state index contributed by atoms with van der Waals surface area (Å²) in [6.07, 6.45) is 0.252. The Morgan fingerprint density at radius 2 is 2.30 bits per heavy atom. The van der Waals surface area contributed by atoms with Crippen LogP contribution in [0.2, 0.25) is 0 Å². The van der Waals surface area contributed by atoms with Gasteiger partial charge in [0.15, 0.2) is 0 Å². The summed E-state index contributed by atoms with van der Waals surface area (Å²) in [7, 11) is 1.64. The number of aryl methyl sites for hydroxylation is 1. The summed E-state index contributed by atoms with van der Waals surface area (Å²) >= 11 is 0. The fourth-order valence-electron chi connectivity index (χ4n) is 2.42. The molecule has 1 aliphatic rings. The lowest BCUT2D eigenvalue weighted by Crippen LogP contribution is -2.15. The van der Waals surface area contributed by atoms with Crippen LogP contribution < -0.4 is 10.1 Å². The molecule has 2 N–H and O–H groups in total. The second-order valence-corrected chi connectivity index (χ2v) is 4.99. The van der Waals surface area contributed by atoms with Gasteiger partial charge in [-0.15, -0.1) is 0 Å².